The molecular formula is C12H15BrClF. The predicted octanol–water partition coefficient (Wildman–Crippen LogP) is 5.27. The molecule has 0 nitrogen and oxygen atoms in total. The summed E-state index contributed by atoms with van der Waals surface area (Å²) in [5.41, 5.74) is 1.62. The molecule has 1 unspecified atom stereocenters. The maximum Gasteiger partial charge on any atom is 0.127 e. The summed E-state index contributed by atoms with van der Waals surface area (Å²) in [5, 5.41) is 0.481. The average Bonchev–Trinajstić information content (AvgIpc) is 2.08. The summed E-state index contributed by atoms with van der Waals surface area (Å²) in [5.74, 6) is -0.252. The Bertz CT molecular complexity index is 369. The molecule has 0 bridgehead atoms. The molecule has 0 aliphatic heterocycles. The molecular weight excluding hydrogens is 278 g/mol. The Kier molecular flexibility index (Phi) is 3.83. The van der Waals surface area contributed by atoms with E-state index in [-0.39, 0.29) is 16.1 Å². The minimum absolute atomic E-state index is 0.0495. The van der Waals surface area contributed by atoms with Gasteiger partial charge >= 0.3 is 0 Å². The Balaban J connectivity index is 3.21. The van der Waals surface area contributed by atoms with Crippen molar-refractivity contribution in [2.45, 2.75) is 32.5 Å². The van der Waals surface area contributed by atoms with Crippen molar-refractivity contribution in [3.05, 3.63) is 34.1 Å². The third-order valence-electron chi connectivity index (χ3n) is 2.31. The average molecular weight is 294 g/mol. The zero-order valence-electron chi connectivity index (χ0n) is 9.37. The SMILES string of the molecule is Cc1cc(C(Br)C(C)(C)C)c(Cl)cc1F. The number of benzene rings is 1. The molecule has 0 saturated heterocycles. The van der Waals surface area contributed by atoms with Gasteiger partial charge in [-0.3, -0.25) is 0 Å². The topological polar surface area (TPSA) is 0 Å². The number of rotatable bonds is 1. The van der Waals surface area contributed by atoms with Crippen LogP contribution in [0.2, 0.25) is 5.02 Å². The first kappa shape index (κ1) is 13.0. The Morgan fingerprint density at radius 3 is 2.33 bits per heavy atom. The number of hydrogen-bond acceptors (Lipinski definition) is 0. The van der Waals surface area contributed by atoms with Gasteiger partial charge < -0.3 is 0 Å². The van der Waals surface area contributed by atoms with Gasteiger partial charge in [-0.15, -0.1) is 0 Å². The quantitative estimate of drug-likeness (QED) is 0.619. The second-order valence-electron chi connectivity index (χ2n) is 4.85. The van der Waals surface area contributed by atoms with Gasteiger partial charge in [0.1, 0.15) is 5.82 Å². The molecule has 0 aromatic heterocycles. The summed E-state index contributed by atoms with van der Waals surface area (Å²) in [6.07, 6.45) is 0. The lowest BCUT2D eigenvalue weighted by atomic mass is 9.87. The molecule has 0 amide bonds. The molecule has 0 heterocycles. The first-order chi connectivity index (χ1) is 6.73. The van der Waals surface area contributed by atoms with Crippen LogP contribution in [0.5, 0.6) is 0 Å². The van der Waals surface area contributed by atoms with Crippen molar-refractivity contribution in [3.63, 3.8) is 0 Å². The van der Waals surface area contributed by atoms with Gasteiger partial charge in [0.2, 0.25) is 0 Å². The molecule has 0 radical (unpaired) electrons. The molecule has 0 aliphatic carbocycles. The van der Waals surface area contributed by atoms with Gasteiger partial charge in [0.25, 0.3) is 0 Å². The molecule has 0 spiro atoms. The zero-order chi connectivity index (χ0) is 11.8. The van der Waals surface area contributed by atoms with E-state index in [1.165, 1.54) is 6.07 Å². The molecule has 1 aromatic carbocycles. The van der Waals surface area contributed by atoms with Gasteiger partial charge in [0, 0.05) is 9.85 Å². The van der Waals surface area contributed by atoms with E-state index < -0.39 is 0 Å². The summed E-state index contributed by atoms with van der Waals surface area (Å²) in [6, 6.07) is 3.19. The van der Waals surface area contributed by atoms with Crippen LogP contribution < -0.4 is 0 Å². The number of hydrogen-bond donors (Lipinski definition) is 0. The molecule has 1 atom stereocenters. The fourth-order valence-corrected chi connectivity index (χ4v) is 2.11. The lowest BCUT2D eigenvalue weighted by molar-refractivity contribution is 0.407. The van der Waals surface area contributed by atoms with E-state index in [4.69, 9.17) is 11.6 Å². The largest absolute Gasteiger partial charge is 0.207 e. The summed E-state index contributed by atoms with van der Waals surface area (Å²) >= 11 is 9.64. The van der Waals surface area contributed by atoms with Crippen molar-refractivity contribution in [2.75, 3.05) is 0 Å². The lowest BCUT2D eigenvalue weighted by Gasteiger charge is -2.27. The molecule has 0 aliphatic rings. The van der Waals surface area contributed by atoms with E-state index in [1.807, 2.05) is 6.07 Å². The molecule has 0 fully saturated rings. The maximum absolute atomic E-state index is 13.2. The summed E-state index contributed by atoms with van der Waals surface area (Å²) in [7, 11) is 0. The molecule has 0 saturated carbocycles. The monoisotopic (exact) mass is 292 g/mol. The predicted molar refractivity (Wildman–Crippen MR) is 67.3 cm³/mol. The van der Waals surface area contributed by atoms with Crippen LogP contribution in [0.25, 0.3) is 0 Å². The Morgan fingerprint density at radius 1 is 1.33 bits per heavy atom. The third-order valence-corrected chi connectivity index (χ3v) is 4.51. The highest BCUT2D eigenvalue weighted by atomic mass is 79.9. The molecule has 3 heteroatoms. The van der Waals surface area contributed by atoms with Crippen LogP contribution >= 0.6 is 27.5 Å². The van der Waals surface area contributed by atoms with E-state index >= 15 is 0 Å². The maximum atomic E-state index is 13.2. The van der Waals surface area contributed by atoms with Crippen LogP contribution in [-0.2, 0) is 0 Å². The van der Waals surface area contributed by atoms with Gasteiger partial charge in [-0.2, -0.15) is 0 Å². The minimum Gasteiger partial charge on any atom is -0.207 e. The fraction of sp³-hybridized carbons (Fsp3) is 0.500. The van der Waals surface area contributed by atoms with Crippen molar-refractivity contribution in [2.24, 2.45) is 5.41 Å². The second-order valence-corrected chi connectivity index (χ2v) is 6.17. The van der Waals surface area contributed by atoms with Gasteiger partial charge in [-0.05, 0) is 29.5 Å². The van der Waals surface area contributed by atoms with Crippen LogP contribution in [0.15, 0.2) is 12.1 Å². The summed E-state index contributed by atoms with van der Waals surface area (Å²) in [6.45, 7) is 8.09. The van der Waals surface area contributed by atoms with Gasteiger partial charge in [-0.1, -0.05) is 54.4 Å². The van der Waals surface area contributed by atoms with Crippen molar-refractivity contribution >= 4 is 27.5 Å². The van der Waals surface area contributed by atoms with Crippen molar-refractivity contribution < 1.29 is 4.39 Å². The highest BCUT2D eigenvalue weighted by Gasteiger charge is 2.25. The lowest BCUT2D eigenvalue weighted by Crippen LogP contribution is -2.13. The van der Waals surface area contributed by atoms with Crippen molar-refractivity contribution in [1.82, 2.24) is 0 Å². The van der Waals surface area contributed by atoms with E-state index in [0.717, 1.165) is 5.56 Å². The standard InChI is InChI=1S/C12H15BrClF/c1-7-5-8(9(14)6-10(7)15)11(13)12(2,3)4/h5-6,11H,1-4H3. The number of alkyl halides is 1. The van der Waals surface area contributed by atoms with Crippen LogP contribution in [0.1, 0.15) is 36.7 Å². The minimum atomic E-state index is -0.252. The first-order valence-electron chi connectivity index (χ1n) is 4.83. The first-order valence-corrected chi connectivity index (χ1v) is 6.12. The molecule has 1 rings (SSSR count). The number of halogens is 3. The van der Waals surface area contributed by atoms with Crippen molar-refractivity contribution in [3.8, 4) is 0 Å². The molecule has 0 N–H and O–H groups in total. The van der Waals surface area contributed by atoms with Crippen LogP contribution in [0, 0.1) is 18.2 Å². The van der Waals surface area contributed by atoms with Crippen LogP contribution in [0.3, 0.4) is 0 Å². The summed E-state index contributed by atoms with van der Waals surface area (Å²) < 4.78 is 13.2. The third kappa shape index (κ3) is 2.94. The van der Waals surface area contributed by atoms with Gasteiger partial charge in [0.15, 0.2) is 0 Å². The number of aryl methyl sites for hydroxylation is 1. The van der Waals surface area contributed by atoms with Gasteiger partial charge in [0.05, 0.1) is 0 Å². The molecule has 1 aromatic rings. The Morgan fingerprint density at radius 2 is 1.87 bits per heavy atom. The highest BCUT2D eigenvalue weighted by molar-refractivity contribution is 9.09. The van der Waals surface area contributed by atoms with Crippen molar-refractivity contribution in [1.29, 1.82) is 0 Å². The fourth-order valence-electron chi connectivity index (χ4n) is 1.34. The van der Waals surface area contributed by atoms with E-state index in [2.05, 4.69) is 36.7 Å². The summed E-state index contributed by atoms with van der Waals surface area (Å²) in [4.78, 5) is 0.122. The normalized spacial score (nSPS) is 14.1. The Labute approximate surface area is 104 Å². The van der Waals surface area contributed by atoms with E-state index in [0.29, 0.717) is 10.6 Å². The zero-order valence-corrected chi connectivity index (χ0v) is 11.7. The van der Waals surface area contributed by atoms with Gasteiger partial charge in [-0.25, -0.2) is 4.39 Å². The molecule has 84 valence electrons. The highest BCUT2D eigenvalue weighted by Crippen LogP contribution is 2.43. The molecule has 15 heavy (non-hydrogen) atoms. The van der Waals surface area contributed by atoms with E-state index in [1.54, 1.807) is 6.92 Å². The van der Waals surface area contributed by atoms with Crippen LogP contribution in [-0.4, -0.2) is 0 Å². The second kappa shape index (κ2) is 4.42. The Hall–Kier alpha value is -0.0800. The smallest absolute Gasteiger partial charge is 0.127 e. The van der Waals surface area contributed by atoms with Crippen LogP contribution in [0.4, 0.5) is 4.39 Å². The van der Waals surface area contributed by atoms with E-state index in [9.17, 15) is 4.39 Å².